The van der Waals surface area contributed by atoms with Crippen LogP contribution in [-0.2, 0) is 0 Å². The number of aromatic nitrogens is 3. The van der Waals surface area contributed by atoms with Crippen molar-refractivity contribution < 1.29 is 0 Å². The first-order valence-electron chi connectivity index (χ1n) is 8.85. The third-order valence-electron chi connectivity index (χ3n) is 4.70. The first-order valence-corrected chi connectivity index (χ1v) is 8.85. The van der Waals surface area contributed by atoms with Crippen LogP contribution in [0.15, 0.2) is 36.7 Å². The molecule has 0 aliphatic carbocycles. The Morgan fingerprint density at radius 3 is 2.58 bits per heavy atom. The number of fused-ring (bicyclic) bond motifs is 1. The standard InChI is InChI=1S/C20H26N4/c1-4-6-7-15(5-2)20-23-17(16-10-8-14(3)9-11-16)18-19(21)22-12-13-24(18)20/h8-13,15H,4-7H2,1-3H3,(H2,21,22). The number of hydrogen-bond acceptors (Lipinski definition) is 3. The summed E-state index contributed by atoms with van der Waals surface area (Å²) in [4.78, 5) is 9.31. The molecule has 1 atom stereocenters. The fraction of sp³-hybridized carbons (Fsp3) is 0.400. The number of imidazole rings is 1. The van der Waals surface area contributed by atoms with E-state index < -0.39 is 0 Å². The molecule has 1 unspecified atom stereocenters. The Balaban J connectivity index is 2.17. The summed E-state index contributed by atoms with van der Waals surface area (Å²) in [6, 6.07) is 8.45. The zero-order valence-corrected chi connectivity index (χ0v) is 14.8. The summed E-state index contributed by atoms with van der Waals surface area (Å²) >= 11 is 0. The van der Waals surface area contributed by atoms with Gasteiger partial charge < -0.3 is 5.73 Å². The topological polar surface area (TPSA) is 56.2 Å². The molecule has 24 heavy (non-hydrogen) atoms. The molecule has 3 aromatic rings. The van der Waals surface area contributed by atoms with Gasteiger partial charge in [-0.3, -0.25) is 4.40 Å². The lowest BCUT2D eigenvalue weighted by Crippen LogP contribution is -2.04. The minimum atomic E-state index is 0.443. The Hall–Kier alpha value is -2.36. The van der Waals surface area contributed by atoms with Crippen LogP contribution in [0, 0.1) is 6.92 Å². The summed E-state index contributed by atoms with van der Waals surface area (Å²) in [6.45, 7) is 6.56. The lowest BCUT2D eigenvalue weighted by Gasteiger charge is -2.13. The van der Waals surface area contributed by atoms with E-state index >= 15 is 0 Å². The van der Waals surface area contributed by atoms with Crippen molar-refractivity contribution in [2.24, 2.45) is 0 Å². The Bertz CT molecular complexity index is 818. The molecule has 2 aromatic heterocycles. The molecule has 4 nitrogen and oxygen atoms in total. The van der Waals surface area contributed by atoms with Gasteiger partial charge in [0, 0.05) is 23.9 Å². The SMILES string of the molecule is CCCCC(CC)c1nc(-c2ccc(C)cc2)c2c(N)nccn12. The molecule has 0 aliphatic heterocycles. The molecular weight excluding hydrogens is 296 g/mol. The second kappa shape index (κ2) is 7.04. The first-order chi connectivity index (χ1) is 11.7. The van der Waals surface area contributed by atoms with Crippen molar-refractivity contribution in [1.29, 1.82) is 0 Å². The van der Waals surface area contributed by atoms with Gasteiger partial charge in [0.25, 0.3) is 0 Å². The molecule has 1 aromatic carbocycles. The second-order valence-electron chi connectivity index (χ2n) is 6.46. The van der Waals surface area contributed by atoms with Crippen LogP contribution in [0.1, 0.15) is 56.8 Å². The van der Waals surface area contributed by atoms with Gasteiger partial charge in [-0.2, -0.15) is 0 Å². The lowest BCUT2D eigenvalue weighted by molar-refractivity contribution is 0.542. The smallest absolute Gasteiger partial charge is 0.150 e. The van der Waals surface area contributed by atoms with E-state index in [1.807, 2.05) is 6.20 Å². The van der Waals surface area contributed by atoms with Gasteiger partial charge in [0.1, 0.15) is 22.9 Å². The van der Waals surface area contributed by atoms with Gasteiger partial charge in [-0.15, -0.1) is 0 Å². The molecule has 0 radical (unpaired) electrons. The van der Waals surface area contributed by atoms with E-state index in [0.717, 1.165) is 35.4 Å². The number of anilines is 1. The van der Waals surface area contributed by atoms with Gasteiger partial charge in [-0.25, -0.2) is 9.97 Å². The van der Waals surface area contributed by atoms with Crippen molar-refractivity contribution in [2.45, 2.75) is 52.4 Å². The fourth-order valence-corrected chi connectivity index (χ4v) is 3.25. The van der Waals surface area contributed by atoms with E-state index in [0.29, 0.717) is 11.7 Å². The number of hydrogen-bond donors (Lipinski definition) is 1. The van der Waals surface area contributed by atoms with Crippen LogP contribution in [0.5, 0.6) is 0 Å². The summed E-state index contributed by atoms with van der Waals surface area (Å²) in [5.41, 5.74) is 10.4. The lowest BCUT2D eigenvalue weighted by atomic mass is 9.98. The Morgan fingerprint density at radius 2 is 1.92 bits per heavy atom. The molecule has 3 rings (SSSR count). The highest BCUT2D eigenvalue weighted by molar-refractivity contribution is 5.85. The third-order valence-corrected chi connectivity index (χ3v) is 4.70. The molecule has 4 heteroatoms. The van der Waals surface area contributed by atoms with Crippen molar-refractivity contribution >= 4 is 11.3 Å². The van der Waals surface area contributed by atoms with E-state index in [1.165, 1.54) is 18.4 Å². The van der Waals surface area contributed by atoms with Gasteiger partial charge in [0.2, 0.25) is 0 Å². The number of nitrogens with two attached hydrogens (primary N) is 1. The number of unbranched alkanes of at least 4 members (excludes halogenated alkanes) is 1. The van der Waals surface area contributed by atoms with Crippen molar-refractivity contribution in [1.82, 2.24) is 14.4 Å². The molecule has 0 bridgehead atoms. The van der Waals surface area contributed by atoms with E-state index in [-0.39, 0.29) is 0 Å². The third kappa shape index (κ3) is 3.01. The number of nitrogens with zero attached hydrogens (tertiary/aromatic N) is 3. The van der Waals surface area contributed by atoms with Crippen LogP contribution in [0.4, 0.5) is 5.82 Å². The highest BCUT2D eigenvalue weighted by atomic mass is 15.1. The van der Waals surface area contributed by atoms with Crippen LogP contribution in [-0.4, -0.2) is 14.4 Å². The van der Waals surface area contributed by atoms with Gasteiger partial charge in [-0.1, -0.05) is 56.5 Å². The Labute approximate surface area is 143 Å². The molecule has 126 valence electrons. The largest absolute Gasteiger partial charge is 0.382 e. The van der Waals surface area contributed by atoms with Crippen LogP contribution >= 0.6 is 0 Å². The molecule has 0 saturated carbocycles. The van der Waals surface area contributed by atoms with Crippen LogP contribution in [0.2, 0.25) is 0 Å². The summed E-state index contributed by atoms with van der Waals surface area (Å²) in [6.07, 6.45) is 8.40. The van der Waals surface area contributed by atoms with E-state index in [9.17, 15) is 0 Å². The predicted molar refractivity (Wildman–Crippen MR) is 100 cm³/mol. The van der Waals surface area contributed by atoms with Gasteiger partial charge in [0.15, 0.2) is 0 Å². The van der Waals surface area contributed by atoms with E-state index in [1.54, 1.807) is 6.20 Å². The normalized spacial score (nSPS) is 12.6. The fourth-order valence-electron chi connectivity index (χ4n) is 3.25. The summed E-state index contributed by atoms with van der Waals surface area (Å²) in [5, 5.41) is 0. The molecule has 0 saturated heterocycles. The minimum absolute atomic E-state index is 0.443. The highest BCUT2D eigenvalue weighted by Crippen LogP contribution is 2.33. The van der Waals surface area contributed by atoms with Crippen LogP contribution in [0.25, 0.3) is 16.8 Å². The van der Waals surface area contributed by atoms with Gasteiger partial charge in [-0.05, 0) is 19.8 Å². The average Bonchev–Trinajstić information content (AvgIpc) is 2.97. The zero-order chi connectivity index (χ0) is 17.1. The van der Waals surface area contributed by atoms with Crippen molar-refractivity contribution in [3.05, 3.63) is 48.0 Å². The molecule has 0 aliphatic rings. The van der Waals surface area contributed by atoms with Gasteiger partial charge in [0.05, 0.1) is 0 Å². The van der Waals surface area contributed by atoms with Crippen LogP contribution in [0.3, 0.4) is 0 Å². The Kier molecular flexibility index (Phi) is 4.84. The average molecular weight is 322 g/mol. The minimum Gasteiger partial charge on any atom is -0.382 e. The van der Waals surface area contributed by atoms with E-state index in [2.05, 4.69) is 54.4 Å². The van der Waals surface area contributed by atoms with Crippen molar-refractivity contribution in [3.8, 4) is 11.3 Å². The summed E-state index contributed by atoms with van der Waals surface area (Å²) in [7, 11) is 0. The zero-order valence-electron chi connectivity index (χ0n) is 14.8. The monoisotopic (exact) mass is 322 g/mol. The summed E-state index contributed by atoms with van der Waals surface area (Å²) in [5.74, 6) is 2.08. The maximum absolute atomic E-state index is 6.21. The number of benzene rings is 1. The first kappa shape index (κ1) is 16.5. The van der Waals surface area contributed by atoms with Crippen molar-refractivity contribution in [3.63, 3.8) is 0 Å². The maximum Gasteiger partial charge on any atom is 0.150 e. The molecule has 2 N–H and O–H groups in total. The number of rotatable bonds is 6. The van der Waals surface area contributed by atoms with Crippen molar-refractivity contribution in [2.75, 3.05) is 5.73 Å². The quantitative estimate of drug-likeness (QED) is 0.697. The predicted octanol–water partition coefficient (Wildman–Crippen LogP) is 4.97. The molecule has 0 amide bonds. The number of nitrogen functional groups attached to an aromatic ring is 1. The second-order valence-corrected chi connectivity index (χ2v) is 6.46. The maximum atomic E-state index is 6.21. The molecular formula is C20H26N4. The molecule has 2 heterocycles. The Morgan fingerprint density at radius 1 is 1.17 bits per heavy atom. The highest BCUT2D eigenvalue weighted by Gasteiger charge is 2.21. The molecule has 0 spiro atoms. The molecule has 0 fully saturated rings. The van der Waals surface area contributed by atoms with Crippen LogP contribution < -0.4 is 5.73 Å². The number of aryl methyl sites for hydroxylation is 1. The summed E-state index contributed by atoms with van der Waals surface area (Å²) < 4.78 is 2.14. The van der Waals surface area contributed by atoms with Gasteiger partial charge >= 0.3 is 0 Å². The van der Waals surface area contributed by atoms with E-state index in [4.69, 9.17) is 10.7 Å².